The molecule has 0 atom stereocenters. The summed E-state index contributed by atoms with van der Waals surface area (Å²) in [6.45, 7) is 4.79. The van der Waals surface area contributed by atoms with E-state index in [2.05, 4.69) is 26.6 Å². The maximum Gasteiger partial charge on any atom is 0.291 e. The van der Waals surface area contributed by atoms with Crippen LogP contribution in [0.15, 0.2) is 63.7 Å². The summed E-state index contributed by atoms with van der Waals surface area (Å²) in [4.78, 5) is 24.7. The molecule has 1 aromatic heterocycles. The Morgan fingerprint density at radius 2 is 1.68 bits per heavy atom. The topological polar surface area (TPSA) is 89.8 Å². The number of benzene rings is 2. The maximum absolute atomic E-state index is 12.6. The average molecular weight is 487 g/mol. The molecule has 0 spiro atoms. The van der Waals surface area contributed by atoms with Crippen molar-refractivity contribution in [1.29, 1.82) is 0 Å². The number of ether oxygens (including phenoxy) is 2. The lowest BCUT2D eigenvalue weighted by atomic mass is 10.1. The molecule has 0 aliphatic heterocycles. The van der Waals surface area contributed by atoms with Crippen molar-refractivity contribution in [3.05, 3.63) is 70.6 Å². The van der Waals surface area contributed by atoms with Gasteiger partial charge in [-0.2, -0.15) is 0 Å². The van der Waals surface area contributed by atoms with Gasteiger partial charge in [-0.15, -0.1) is 0 Å². The highest BCUT2D eigenvalue weighted by Crippen LogP contribution is 2.29. The van der Waals surface area contributed by atoms with E-state index in [1.54, 1.807) is 54.6 Å². The van der Waals surface area contributed by atoms with Crippen molar-refractivity contribution in [2.75, 3.05) is 23.8 Å². The molecule has 0 unspecified atom stereocenters. The standard InChI is InChI=1S/C23H23BrN2O5/c1-3-29-17-9-10-19(30-4-2)18(14-17)26-22(27)13-15-5-7-16(8-6-15)25-23(28)20-11-12-21(24)31-20/h5-12,14H,3-4,13H2,1-2H3,(H,25,28)(H,26,27). The fourth-order valence-electron chi connectivity index (χ4n) is 2.86. The molecule has 0 aliphatic rings. The summed E-state index contributed by atoms with van der Waals surface area (Å²) in [6.07, 6.45) is 0.170. The number of hydrogen-bond donors (Lipinski definition) is 2. The number of anilines is 2. The molecule has 0 radical (unpaired) electrons. The number of carbonyl (C=O) groups is 2. The van der Waals surface area contributed by atoms with Crippen molar-refractivity contribution in [2.45, 2.75) is 20.3 Å². The molecule has 0 aliphatic carbocycles. The first-order valence-electron chi connectivity index (χ1n) is 9.83. The van der Waals surface area contributed by atoms with Crippen LogP contribution in [-0.2, 0) is 11.2 Å². The molecule has 2 N–H and O–H groups in total. The Bertz CT molecular complexity index is 1050. The SMILES string of the molecule is CCOc1ccc(OCC)c(NC(=O)Cc2ccc(NC(=O)c3ccc(Br)o3)cc2)c1. The van der Waals surface area contributed by atoms with E-state index in [1.165, 1.54) is 0 Å². The third-order valence-electron chi connectivity index (χ3n) is 4.21. The van der Waals surface area contributed by atoms with Gasteiger partial charge in [0.25, 0.3) is 5.91 Å². The average Bonchev–Trinajstić information content (AvgIpc) is 3.18. The lowest BCUT2D eigenvalue weighted by molar-refractivity contribution is -0.115. The molecule has 2 aromatic carbocycles. The fourth-order valence-corrected chi connectivity index (χ4v) is 3.17. The van der Waals surface area contributed by atoms with Crippen LogP contribution in [-0.4, -0.2) is 25.0 Å². The van der Waals surface area contributed by atoms with Gasteiger partial charge in [-0.05, 0) is 71.7 Å². The molecular formula is C23H23BrN2O5. The monoisotopic (exact) mass is 486 g/mol. The van der Waals surface area contributed by atoms with Crippen LogP contribution < -0.4 is 20.1 Å². The Morgan fingerprint density at radius 1 is 0.935 bits per heavy atom. The van der Waals surface area contributed by atoms with Crippen molar-refractivity contribution >= 4 is 39.1 Å². The van der Waals surface area contributed by atoms with Gasteiger partial charge in [-0.3, -0.25) is 9.59 Å². The Kier molecular flexibility index (Phi) is 7.72. The highest BCUT2D eigenvalue weighted by atomic mass is 79.9. The fraction of sp³-hybridized carbons (Fsp3) is 0.217. The minimum absolute atomic E-state index is 0.170. The lowest BCUT2D eigenvalue weighted by Crippen LogP contribution is -2.15. The van der Waals surface area contributed by atoms with Crippen molar-refractivity contribution in [3.8, 4) is 11.5 Å². The van der Waals surface area contributed by atoms with Crippen LogP contribution in [0.25, 0.3) is 0 Å². The van der Waals surface area contributed by atoms with Crippen molar-refractivity contribution < 1.29 is 23.5 Å². The summed E-state index contributed by atoms with van der Waals surface area (Å²) < 4.78 is 16.8. The molecule has 31 heavy (non-hydrogen) atoms. The molecular weight excluding hydrogens is 464 g/mol. The van der Waals surface area contributed by atoms with E-state index in [9.17, 15) is 9.59 Å². The van der Waals surface area contributed by atoms with Crippen LogP contribution in [0.3, 0.4) is 0 Å². The second kappa shape index (κ2) is 10.7. The Balaban J connectivity index is 1.62. The molecule has 2 amide bonds. The summed E-state index contributed by atoms with van der Waals surface area (Å²) in [5.74, 6) is 0.905. The third kappa shape index (κ3) is 6.36. The molecule has 8 heteroatoms. The number of nitrogens with one attached hydrogen (secondary N) is 2. The second-order valence-electron chi connectivity index (χ2n) is 6.50. The van der Waals surface area contributed by atoms with Gasteiger partial charge >= 0.3 is 0 Å². The van der Waals surface area contributed by atoms with Crippen LogP contribution >= 0.6 is 15.9 Å². The van der Waals surface area contributed by atoms with Gasteiger partial charge in [-0.1, -0.05) is 12.1 Å². The van der Waals surface area contributed by atoms with Crippen LogP contribution in [0.1, 0.15) is 30.0 Å². The second-order valence-corrected chi connectivity index (χ2v) is 7.29. The van der Waals surface area contributed by atoms with Gasteiger partial charge in [0.2, 0.25) is 5.91 Å². The van der Waals surface area contributed by atoms with E-state index < -0.39 is 0 Å². The first kappa shape index (κ1) is 22.4. The highest BCUT2D eigenvalue weighted by molar-refractivity contribution is 9.10. The first-order valence-corrected chi connectivity index (χ1v) is 10.6. The zero-order valence-corrected chi connectivity index (χ0v) is 18.8. The van der Waals surface area contributed by atoms with E-state index >= 15 is 0 Å². The van der Waals surface area contributed by atoms with E-state index in [1.807, 2.05) is 13.8 Å². The van der Waals surface area contributed by atoms with E-state index in [4.69, 9.17) is 13.9 Å². The summed E-state index contributed by atoms with van der Waals surface area (Å²) in [6, 6.07) is 15.6. The molecule has 0 saturated carbocycles. The zero-order valence-electron chi connectivity index (χ0n) is 17.2. The number of halogens is 1. The van der Waals surface area contributed by atoms with Crippen LogP contribution in [0.4, 0.5) is 11.4 Å². The molecule has 162 valence electrons. The van der Waals surface area contributed by atoms with Gasteiger partial charge in [0.05, 0.1) is 25.3 Å². The quantitative estimate of drug-likeness (QED) is 0.429. The first-order chi connectivity index (χ1) is 15.0. The number of furan rings is 1. The number of rotatable bonds is 9. The van der Waals surface area contributed by atoms with Crippen LogP contribution in [0, 0.1) is 0 Å². The van der Waals surface area contributed by atoms with E-state index in [0.29, 0.717) is 40.8 Å². The lowest BCUT2D eigenvalue weighted by Gasteiger charge is -2.13. The summed E-state index contributed by atoms with van der Waals surface area (Å²) >= 11 is 3.17. The largest absolute Gasteiger partial charge is 0.494 e. The summed E-state index contributed by atoms with van der Waals surface area (Å²) in [7, 11) is 0. The molecule has 0 saturated heterocycles. The Morgan fingerprint density at radius 3 is 2.32 bits per heavy atom. The number of amides is 2. The number of hydrogen-bond acceptors (Lipinski definition) is 5. The number of carbonyl (C=O) groups excluding carboxylic acids is 2. The predicted molar refractivity (Wildman–Crippen MR) is 122 cm³/mol. The summed E-state index contributed by atoms with van der Waals surface area (Å²) in [5, 5.41) is 5.63. The van der Waals surface area contributed by atoms with Crippen LogP contribution in [0.5, 0.6) is 11.5 Å². The van der Waals surface area contributed by atoms with Crippen molar-refractivity contribution in [3.63, 3.8) is 0 Å². The van der Waals surface area contributed by atoms with E-state index in [0.717, 1.165) is 5.56 Å². The van der Waals surface area contributed by atoms with Gasteiger partial charge < -0.3 is 24.5 Å². The Labute approximate surface area is 188 Å². The van der Waals surface area contributed by atoms with E-state index in [-0.39, 0.29) is 24.0 Å². The maximum atomic E-state index is 12.6. The van der Waals surface area contributed by atoms with Crippen molar-refractivity contribution in [2.24, 2.45) is 0 Å². The zero-order chi connectivity index (χ0) is 22.2. The molecule has 7 nitrogen and oxygen atoms in total. The van der Waals surface area contributed by atoms with Crippen LogP contribution in [0.2, 0.25) is 0 Å². The highest BCUT2D eigenvalue weighted by Gasteiger charge is 2.12. The minimum atomic E-state index is -0.353. The third-order valence-corrected chi connectivity index (χ3v) is 4.64. The predicted octanol–water partition coefficient (Wildman–Crippen LogP) is 5.27. The Hall–Kier alpha value is -3.26. The minimum Gasteiger partial charge on any atom is -0.494 e. The molecule has 3 rings (SSSR count). The van der Waals surface area contributed by atoms with Gasteiger partial charge in [0.15, 0.2) is 10.4 Å². The normalized spacial score (nSPS) is 10.4. The smallest absolute Gasteiger partial charge is 0.291 e. The van der Waals surface area contributed by atoms with Crippen molar-refractivity contribution in [1.82, 2.24) is 0 Å². The molecule has 1 heterocycles. The van der Waals surface area contributed by atoms with Gasteiger partial charge in [0, 0.05) is 11.8 Å². The molecule has 3 aromatic rings. The van der Waals surface area contributed by atoms with Gasteiger partial charge in [0.1, 0.15) is 11.5 Å². The summed E-state index contributed by atoms with van der Waals surface area (Å²) in [5.41, 5.74) is 1.96. The molecule has 0 fully saturated rings. The van der Waals surface area contributed by atoms with Gasteiger partial charge in [-0.25, -0.2) is 0 Å². The molecule has 0 bridgehead atoms.